The second kappa shape index (κ2) is 2.92. The van der Waals surface area contributed by atoms with Crippen LogP contribution in [0.1, 0.15) is 37.5 Å². The quantitative estimate of drug-likeness (QED) is 0.662. The number of hydrogen-bond donors (Lipinski definition) is 2. The summed E-state index contributed by atoms with van der Waals surface area (Å²) in [7, 11) is 0. The number of hydrogen-bond acceptors (Lipinski definition) is 2. The highest BCUT2D eigenvalue weighted by Gasteiger charge is 2.26. The minimum absolute atomic E-state index is 0.0239. The molecule has 0 spiro atoms. The van der Waals surface area contributed by atoms with Gasteiger partial charge in [0.1, 0.15) is 5.84 Å². The number of benzene rings is 1. The average Bonchev–Trinajstić information content (AvgIpc) is 2.41. The standard InChI is InChI=1S/C12H15N3/c1-12(2,3)8-6-4-5-7-9(8)11(14)15-10(7)13/h4-6H,1-3H3,(H3,13,14,15). The van der Waals surface area contributed by atoms with Crippen molar-refractivity contribution in [2.75, 3.05) is 0 Å². The molecule has 0 atom stereocenters. The first-order valence-electron chi connectivity index (χ1n) is 4.98. The van der Waals surface area contributed by atoms with E-state index >= 15 is 0 Å². The fraction of sp³-hybridized carbons (Fsp3) is 0.333. The maximum Gasteiger partial charge on any atom is 0.154 e. The number of amidine groups is 2. The van der Waals surface area contributed by atoms with Crippen LogP contribution in [-0.4, -0.2) is 11.7 Å². The van der Waals surface area contributed by atoms with Gasteiger partial charge in [-0.25, -0.2) is 4.99 Å². The molecule has 0 radical (unpaired) electrons. The van der Waals surface area contributed by atoms with Gasteiger partial charge in [0.05, 0.1) is 0 Å². The molecule has 1 heterocycles. The average molecular weight is 201 g/mol. The molecule has 0 unspecified atom stereocenters. The Kier molecular flexibility index (Phi) is 1.93. The third kappa shape index (κ3) is 1.44. The summed E-state index contributed by atoms with van der Waals surface area (Å²) >= 11 is 0. The minimum Gasteiger partial charge on any atom is -0.383 e. The van der Waals surface area contributed by atoms with E-state index in [0.29, 0.717) is 5.84 Å². The summed E-state index contributed by atoms with van der Waals surface area (Å²) in [5, 5.41) is 7.69. The second-order valence-electron chi connectivity index (χ2n) is 4.82. The van der Waals surface area contributed by atoms with Crippen LogP contribution >= 0.6 is 0 Å². The second-order valence-corrected chi connectivity index (χ2v) is 4.82. The van der Waals surface area contributed by atoms with Gasteiger partial charge in [-0.2, -0.15) is 0 Å². The maximum atomic E-state index is 7.69. The Morgan fingerprint density at radius 3 is 2.53 bits per heavy atom. The molecular formula is C12H15N3. The number of nitrogens with one attached hydrogen (secondary N) is 1. The lowest BCUT2D eigenvalue weighted by atomic mass is 9.82. The number of nitrogens with two attached hydrogens (primary N) is 1. The fourth-order valence-electron chi connectivity index (χ4n) is 1.89. The van der Waals surface area contributed by atoms with Crippen LogP contribution in [0.4, 0.5) is 0 Å². The Bertz CT molecular complexity index is 464. The van der Waals surface area contributed by atoms with Crippen LogP contribution in [0.15, 0.2) is 23.2 Å². The third-order valence-corrected chi connectivity index (χ3v) is 2.62. The van der Waals surface area contributed by atoms with E-state index in [0.717, 1.165) is 16.7 Å². The monoisotopic (exact) mass is 201 g/mol. The number of nitrogens with zero attached hydrogens (tertiary/aromatic N) is 1. The summed E-state index contributed by atoms with van der Waals surface area (Å²) in [6.07, 6.45) is 0. The van der Waals surface area contributed by atoms with Crippen LogP contribution < -0.4 is 5.73 Å². The fourth-order valence-corrected chi connectivity index (χ4v) is 1.89. The van der Waals surface area contributed by atoms with Crippen molar-refractivity contribution in [3.63, 3.8) is 0 Å². The van der Waals surface area contributed by atoms with Gasteiger partial charge in [-0.3, -0.25) is 5.41 Å². The van der Waals surface area contributed by atoms with Crippen molar-refractivity contribution in [1.82, 2.24) is 0 Å². The van der Waals surface area contributed by atoms with Gasteiger partial charge in [0.15, 0.2) is 5.84 Å². The van der Waals surface area contributed by atoms with Gasteiger partial charge in [-0.1, -0.05) is 39.0 Å². The van der Waals surface area contributed by atoms with Crippen molar-refractivity contribution in [3.8, 4) is 0 Å². The predicted molar refractivity (Wildman–Crippen MR) is 62.7 cm³/mol. The van der Waals surface area contributed by atoms with E-state index in [1.54, 1.807) is 0 Å². The van der Waals surface area contributed by atoms with Crippen LogP contribution in [0.3, 0.4) is 0 Å². The Hall–Kier alpha value is -1.64. The molecular weight excluding hydrogens is 186 g/mol. The molecule has 0 aliphatic carbocycles. The van der Waals surface area contributed by atoms with E-state index in [2.05, 4.69) is 31.8 Å². The molecule has 0 fully saturated rings. The van der Waals surface area contributed by atoms with E-state index in [4.69, 9.17) is 11.1 Å². The van der Waals surface area contributed by atoms with Crippen molar-refractivity contribution < 1.29 is 0 Å². The summed E-state index contributed by atoms with van der Waals surface area (Å²) in [6.45, 7) is 6.41. The van der Waals surface area contributed by atoms with Crippen LogP contribution in [0.5, 0.6) is 0 Å². The lowest BCUT2D eigenvalue weighted by molar-refractivity contribution is 0.589. The lowest BCUT2D eigenvalue weighted by Gasteiger charge is -2.22. The van der Waals surface area contributed by atoms with E-state index in [9.17, 15) is 0 Å². The molecule has 3 nitrogen and oxygen atoms in total. The Morgan fingerprint density at radius 2 is 1.93 bits per heavy atom. The summed E-state index contributed by atoms with van der Waals surface area (Å²) in [4.78, 5) is 4.01. The smallest absolute Gasteiger partial charge is 0.154 e. The molecule has 1 aliphatic rings. The first-order valence-corrected chi connectivity index (χ1v) is 4.98. The van der Waals surface area contributed by atoms with Gasteiger partial charge in [-0.15, -0.1) is 0 Å². The highest BCUT2D eigenvalue weighted by atomic mass is 14.9. The molecule has 3 heteroatoms. The molecule has 0 bridgehead atoms. The van der Waals surface area contributed by atoms with Gasteiger partial charge in [-0.05, 0) is 11.0 Å². The topological polar surface area (TPSA) is 62.2 Å². The van der Waals surface area contributed by atoms with E-state index < -0.39 is 0 Å². The minimum atomic E-state index is 0.0239. The molecule has 0 saturated heterocycles. The van der Waals surface area contributed by atoms with Gasteiger partial charge in [0.25, 0.3) is 0 Å². The molecule has 2 rings (SSSR count). The summed E-state index contributed by atoms with van der Waals surface area (Å²) in [5.74, 6) is 0.745. The normalized spacial score (nSPS) is 15.1. The van der Waals surface area contributed by atoms with Crippen molar-refractivity contribution >= 4 is 11.7 Å². The van der Waals surface area contributed by atoms with Gasteiger partial charge >= 0.3 is 0 Å². The maximum absolute atomic E-state index is 7.69. The molecule has 3 N–H and O–H groups in total. The van der Waals surface area contributed by atoms with Crippen LogP contribution in [0.25, 0.3) is 0 Å². The van der Waals surface area contributed by atoms with E-state index in [1.807, 2.05) is 12.1 Å². The van der Waals surface area contributed by atoms with E-state index in [1.165, 1.54) is 0 Å². The van der Waals surface area contributed by atoms with Gasteiger partial charge in [0.2, 0.25) is 0 Å². The van der Waals surface area contributed by atoms with Crippen LogP contribution in [0, 0.1) is 5.41 Å². The summed E-state index contributed by atoms with van der Waals surface area (Å²) in [6, 6.07) is 5.91. The summed E-state index contributed by atoms with van der Waals surface area (Å²) in [5.41, 5.74) is 8.81. The zero-order chi connectivity index (χ0) is 11.2. The first kappa shape index (κ1) is 9.90. The largest absolute Gasteiger partial charge is 0.383 e. The molecule has 1 aromatic carbocycles. The molecule has 1 aliphatic heterocycles. The van der Waals surface area contributed by atoms with Crippen LogP contribution in [0.2, 0.25) is 0 Å². The Balaban J connectivity index is 2.72. The van der Waals surface area contributed by atoms with Crippen molar-refractivity contribution in [2.24, 2.45) is 10.7 Å². The van der Waals surface area contributed by atoms with E-state index in [-0.39, 0.29) is 11.3 Å². The Morgan fingerprint density at radius 1 is 1.27 bits per heavy atom. The molecule has 0 saturated carbocycles. The van der Waals surface area contributed by atoms with Crippen molar-refractivity contribution in [2.45, 2.75) is 26.2 Å². The van der Waals surface area contributed by atoms with Crippen molar-refractivity contribution in [1.29, 1.82) is 5.41 Å². The van der Waals surface area contributed by atoms with Crippen molar-refractivity contribution in [3.05, 3.63) is 34.9 Å². The molecule has 1 aromatic rings. The first-order chi connectivity index (χ1) is 6.91. The Labute approximate surface area is 89.5 Å². The SMILES string of the molecule is CC(C)(C)c1cccc2c1C(N)=NC2=N. The van der Waals surface area contributed by atoms with Crippen LogP contribution in [-0.2, 0) is 5.41 Å². The number of aliphatic imine (C=N–C) groups is 1. The number of rotatable bonds is 0. The molecule has 0 aromatic heterocycles. The highest BCUT2D eigenvalue weighted by molar-refractivity contribution is 6.21. The summed E-state index contributed by atoms with van der Waals surface area (Å²) < 4.78 is 0. The zero-order valence-corrected chi connectivity index (χ0v) is 9.26. The number of fused-ring (bicyclic) bond motifs is 1. The molecule has 78 valence electrons. The van der Waals surface area contributed by atoms with Gasteiger partial charge in [0, 0.05) is 11.1 Å². The lowest BCUT2D eigenvalue weighted by Crippen LogP contribution is -2.20. The molecule has 15 heavy (non-hydrogen) atoms. The third-order valence-electron chi connectivity index (χ3n) is 2.62. The predicted octanol–water partition coefficient (Wildman–Crippen LogP) is 2.03. The zero-order valence-electron chi connectivity index (χ0n) is 9.26. The highest BCUT2D eigenvalue weighted by Crippen LogP contribution is 2.30. The van der Waals surface area contributed by atoms with Gasteiger partial charge < -0.3 is 5.73 Å². The molecule has 0 amide bonds.